The lowest BCUT2D eigenvalue weighted by atomic mass is 9.62. The van der Waals surface area contributed by atoms with Crippen molar-refractivity contribution >= 4 is 6.29 Å². The van der Waals surface area contributed by atoms with Gasteiger partial charge in [-0.3, -0.25) is 0 Å². The first-order valence-electron chi connectivity index (χ1n) is 8.42. The Morgan fingerprint density at radius 3 is 2.29 bits per heavy atom. The van der Waals surface area contributed by atoms with Crippen molar-refractivity contribution in [3.05, 3.63) is 17.1 Å². The lowest BCUT2D eigenvalue weighted by molar-refractivity contribution is -0.109. The molecule has 0 aromatic rings. The molecule has 5 atom stereocenters. The molecule has 3 aliphatic carbocycles. The van der Waals surface area contributed by atoms with Crippen molar-refractivity contribution in [1.82, 2.24) is 0 Å². The third-order valence-corrected chi connectivity index (χ3v) is 6.37. The Labute approximate surface area is 128 Å². The third kappa shape index (κ3) is 2.60. The molecule has 0 aromatic heterocycles. The predicted molar refractivity (Wildman–Crippen MR) is 85.8 cm³/mol. The zero-order chi connectivity index (χ0) is 15.6. The van der Waals surface area contributed by atoms with Gasteiger partial charge in [0.1, 0.15) is 11.8 Å². The molecule has 0 spiro atoms. The predicted octanol–water partition coefficient (Wildman–Crippen LogP) is 4.61. The smallest absolute Gasteiger partial charge is 0.120 e. The zero-order valence-electron chi connectivity index (χ0n) is 13.8. The standard InChI is InChI=1S/C18H29NO2/c1-5-6-15(7-8-20)18(19-21)14(4)11-17-12(2)9-16(18)10-13(17)3/h5-6,8,12-17H,7,9-11H2,1-4H3. The van der Waals surface area contributed by atoms with Crippen LogP contribution in [0.15, 0.2) is 17.3 Å². The van der Waals surface area contributed by atoms with Gasteiger partial charge >= 0.3 is 0 Å². The van der Waals surface area contributed by atoms with Gasteiger partial charge in [0, 0.05) is 12.3 Å². The number of fused-ring (bicyclic) bond motifs is 4. The lowest BCUT2D eigenvalue weighted by Gasteiger charge is -2.43. The van der Waals surface area contributed by atoms with E-state index in [9.17, 15) is 9.70 Å². The number of nitrogens with zero attached hydrogens (tertiary/aromatic N) is 1. The highest BCUT2D eigenvalue weighted by Crippen LogP contribution is 2.56. The minimum Gasteiger partial charge on any atom is -0.303 e. The van der Waals surface area contributed by atoms with E-state index in [0.717, 1.165) is 25.5 Å². The summed E-state index contributed by atoms with van der Waals surface area (Å²) < 4.78 is 0. The summed E-state index contributed by atoms with van der Waals surface area (Å²) in [5.74, 6) is 2.53. The van der Waals surface area contributed by atoms with Crippen molar-refractivity contribution in [2.75, 3.05) is 0 Å². The first-order valence-corrected chi connectivity index (χ1v) is 8.42. The minimum absolute atomic E-state index is 0.0475. The van der Waals surface area contributed by atoms with Gasteiger partial charge < -0.3 is 4.79 Å². The van der Waals surface area contributed by atoms with Crippen molar-refractivity contribution in [3.63, 3.8) is 0 Å². The number of rotatable bonds is 5. The molecule has 3 rings (SSSR count). The van der Waals surface area contributed by atoms with Crippen LogP contribution in [0.4, 0.5) is 0 Å². The summed E-state index contributed by atoms with van der Waals surface area (Å²) in [5.41, 5.74) is -0.596. The van der Waals surface area contributed by atoms with E-state index in [1.165, 1.54) is 0 Å². The van der Waals surface area contributed by atoms with Crippen LogP contribution in [0.25, 0.3) is 0 Å². The molecule has 3 nitrogen and oxygen atoms in total. The van der Waals surface area contributed by atoms with E-state index in [0.29, 0.717) is 30.1 Å². The number of hydrogen-bond acceptors (Lipinski definition) is 3. The number of carbonyl (C=O) groups is 1. The maximum atomic E-state index is 12.0. The first-order chi connectivity index (χ1) is 10.0. The molecule has 0 radical (unpaired) electrons. The van der Waals surface area contributed by atoms with Gasteiger partial charge in [0.25, 0.3) is 0 Å². The summed E-state index contributed by atoms with van der Waals surface area (Å²) in [5, 5.41) is 3.75. The van der Waals surface area contributed by atoms with Gasteiger partial charge in [-0.25, -0.2) is 0 Å². The van der Waals surface area contributed by atoms with Gasteiger partial charge in [-0.1, -0.05) is 38.1 Å². The second-order valence-corrected chi connectivity index (χ2v) is 7.44. The van der Waals surface area contributed by atoms with E-state index >= 15 is 0 Å². The molecule has 2 bridgehead atoms. The highest BCUT2D eigenvalue weighted by atomic mass is 16.3. The minimum atomic E-state index is -0.596. The average Bonchev–Trinajstić information content (AvgIpc) is 2.61. The largest absolute Gasteiger partial charge is 0.303 e. The number of hydrogen-bond donors (Lipinski definition) is 0. The van der Waals surface area contributed by atoms with Crippen LogP contribution in [0, 0.1) is 40.4 Å². The Balaban J connectivity index is 2.48. The van der Waals surface area contributed by atoms with E-state index in [2.05, 4.69) is 25.9 Å². The number of nitroso groups, excluding NO2 is 1. The van der Waals surface area contributed by atoms with Gasteiger partial charge in [-0.05, 0) is 55.8 Å². The molecule has 3 aliphatic rings. The fraction of sp³-hybridized carbons (Fsp3) is 0.833. The molecule has 0 amide bonds. The second kappa shape index (κ2) is 6.41. The molecule has 21 heavy (non-hydrogen) atoms. The van der Waals surface area contributed by atoms with Gasteiger partial charge in [0.2, 0.25) is 0 Å². The molecular weight excluding hydrogens is 262 g/mol. The fourth-order valence-electron chi connectivity index (χ4n) is 5.40. The van der Waals surface area contributed by atoms with Crippen LogP contribution < -0.4 is 0 Å². The molecule has 0 N–H and O–H groups in total. The van der Waals surface area contributed by atoms with E-state index in [1.807, 2.05) is 19.1 Å². The van der Waals surface area contributed by atoms with Crippen molar-refractivity contribution in [1.29, 1.82) is 0 Å². The normalized spacial score (nSPS) is 44.5. The molecule has 0 aliphatic heterocycles. The molecule has 118 valence electrons. The molecule has 0 saturated heterocycles. The van der Waals surface area contributed by atoms with Crippen molar-refractivity contribution in [3.8, 4) is 0 Å². The van der Waals surface area contributed by atoms with Gasteiger partial charge in [-0.15, -0.1) is 0 Å². The molecular formula is C18H29NO2. The Kier molecular flexibility index (Phi) is 5.00. The highest BCUT2D eigenvalue weighted by Gasteiger charge is 2.56. The van der Waals surface area contributed by atoms with E-state index < -0.39 is 5.54 Å². The summed E-state index contributed by atoms with van der Waals surface area (Å²) in [4.78, 5) is 23.2. The van der Waals surface area contributed by atoms with Crippen LogP contribution in [0.2, 0.25) is 0 Å². The van der Waals surface area contributed by atoms with Crippen molar-refractivity contribution in [2.45, 2.75) is 58.9 Å². The molecule has 3 saturated carbocycles. The van der Waals surface area contributed by atoms with Gasteiger partial charge in [-0.2, -0.15) is 4.91 Å². The average molecular weight is 291 g/mol. The Morgan fingerprint density at radius 2 is 1.81 bits per heavy atom. The summed E-state index contributed by atoms with van der Waals surface area (Å²) in [6, 6.07) is 0. The molecule has 5 unspecified atom stereocenters. The van der Waals surface area contributed by atoms with E-state index in [4.69, 9.17) is 0 Å². The van der Waals surface area contributed by atoms with Crippen molar-refractivity contribution < 1.29 is 4.79 Å². The summed E-state index contributed by atoms with van der Waals surface area (Å²) in [6.07, 6.45) is 8.60. The number of aldehydes is 1. The molecule has 0 heterocycles. The third-order valence-electron chi connectivity index (χ3n) is 6.37. The Hall–Kier alpha value is -0.990. The number of carbonyl (C=O) groups excluding carboxylic acids is 1. The fourth-order valence-corrected chi connectivity index (χ4v) is 5.40. The van der Waals surface area contributed by atoms with E-state index in [-0.39, 0.29) is 11.8 Å². The van der Waals surface area contributed by atoms with Crippen LogP contribution in [0.3, 0.4) is 0 Å². The maximum Gasteiger partial charge on any atom is 0.120 e. The molecule has 3 heteroatoms. The molecule has 0 aromatic carbocycles. The van der Waals surface area contributed by atoms with Crippen molar-refractivity contribution in [2.24, 2.45) is 40.7 Å². The summed E-state index contributed by atoms with van der Waals surface area (Å²) >= 11 is 0. The van der Waals surface area contributed by atoms with Gasteiger partial charge in [0.15, 0.2) is 0 Å². The first kappa shape index (κ1) is 16.4. The zero-order valence-corrected chi connectivity index (χ0v) is 13.8. The summed E-state index contributed by atoms with van der Waals surface area (Å²) in [6.45, 7) is 8.79. The van der Waals surface area contributed by atoms with Crippen LogP contribution in [0.1, 0.15) is 53.4 Å². The summed E-state index contributed by atoms with van der Waals surface area (Å²) in [7, 11) is 0. The van der Waals surface area contributed by atoms with Gasteiger partial charge in [0.05, 0.1) is 0 Å². The van der Waals surface area contributed by atoms with Crippen LogP contribution in [-0.2, 0) is 4.79 Å². The topological polar surface area (TPSA) is 46.5 Å². The van der Waals surface area contributed by atoms with E-state index in [1.54, 1.807) is 0 Å². The SMILES string of the molecule is CC=CC(CC=O)C1(N=O)C(C)CC2C(C)CC1CC2C. The number of allylic oxidation sites excluding steroid dienone is 1. The Bertz CT molecular complexity index is 407. The highest BCUT2D eigenvalue weighted by molar-refractivity contribution is 5.51. The lowest BCUT2D eigenvalue weighted by Crippen LogP contribution is -2.48. The van der Waals surface area contributed by atoms with Crippen LogP contribution >= 0.6 is 0 Å². The maximum absolute atomic E-state index is 12.0. The quantitative estimate of drug-likeness (QED) is 0.422. The van der Waals surface area contributed by atoms with Crippen LogP contribution in [-0.4, -0.2) is 11.8 Å². The van der Waals surface area contributed by atoms with Crippen LogP contribution in [0.5, 0.6) is 0 Å². The monoisotopic (exact) mass is 291 g/mol. The second-order valence-electron chi connectivity index (χ2n) is 7.44. The Morgan fingerprint density at radius 1 is 1.19 bits per heavy atom. The molecule has 3 fully saturated rings.